The van der Waals surface area contributed by atoms with Gasteiger partial charge in [0.1, 0.15) is 29.5 Å². The largest absolute Gasteiger partial charge is 0.494 e. The number of primary amides is 1. The Morgan fingerprint density at radius 3 is 2.78 bits per heavy atom. The Balaban J connectivity index is 2.08. The SMILES string of the molecule is COc1c(N)cc2ncnc(Nc3ccc(F)cc3OCC(N)=O)c2c1C. The predicted octanol–water partition coefficient (Wildman–Crippen LogP) is 2.28. The molecule has 0 saturated heterocycles. The van der Waals surface area contributed by atoms with Crippen LogP contribution in [-0.2, 0) is 4.79 Å². The molecular formula is C18H18FN5O3. The fraction of sp³-hybridized carbons (Fsp3) is 0.167. The topological polar surface area (TPSA) is 125 Å². The highest BCUT2D eigenvalue weighted by molar-refractivity contribution is 5.98. The first-order chi connectivity index (χ1) is 12.9. The van der Waals surface area contributed by atoms with Gasteiger partial charge in [0.2, 0.25) is 0 Å². The number of carbonyl (C=O) groups is 1. The summed E-state index contributed by atoms with van der Waals surface area (Å²) in [6.45, 7) is 1.45. The van der Waals surface area contributed by atoms with E-state index < -0.39 is 11.7 Å². The summed E-state index contributed by atoms with van der Waals surface area (Å²) >= 11 is 0. The van der Waals surface area contributed by atoms with Gasteiger partial charge >= 0.3 is 0 Å². The number of carbonyl (C=O) groups excluding carboxylic acids is 1. The normalized spacial score (nSPS) is 10.6. The number of nitrogens with two attached hydrogens (primary N) is 2. The van der Waals surface area contributed by atoms with Crippen molar-refractivity contribution >= 4 is 34.0 Å². The summed E-state index contributed by atoms with van der Waals surface area (Å²) in [5.74, 6) is -0.0939. The van der Waals surface area contributed by atoms with Crippen LogP contribution in [0.2, 0.25) is 0 Å². The number of anilines is 3. The Bertz CT molecular complexity index is 1030. The van der Waals surface area contributed by atoms with Crippen molar-refractivity contribution in [2.45, 2.75) is 6.92 Å². The maximum absolute atomic E-state index is 13.6. The second-order valence-electron chi connectivity index (χ2n) is 5.76. The van der Waals surface area contributed by atoms with E-state index in [1.807, 2.05) is 6.92 Å². The van der Waals surface area contributed by atoms with E-state index in [0.717, 1.165) is 11.6 Å². The van der Waals surface area contributed by atoms with Crippen LogP contribution in [0.3, 0.4) is 0 Å². The van der Waals surface area contributed by atoms with Crippen molar-refractivity contribution in [3.8, 4) is 11.5 Å². The molecule has 0 aliphatic rings. The number of ether oxygens (including phenoxy) is 2. The van der Waals surface area contributed by atoms with Crippen molar-refractivity contribution in [3.05, 3.63) is 42.0 Å². The third-order valence-electron chi connectivity index (χ3n) is 3.92. The van der Waals surface area contributed by atoms with Crippen molar-refractivity contribution in [2.24, 2.45) is 5.73 Å². The zero-order chi connectivity index (χ0) is 19.6. The molecule has 0 fully saturated rings. The molecule has 140 valence electrons. The van der Waals surface area contributed by atoms with Gasteiger partial charge in [0.15, 0.2) is 6.61 Å². The Kier molecular flexibility index (Phi) is 4.93. The standard InChI is InChI=1S/C18H18FN5O3/c1-9-16-13(6-11(20)17(9)26-2)22-8-23-18(16)24-12-4-3-10(19)5-14(12)27-7-15(21)25/h3-6,8H,7,20H2,1-2H3,(H2,21,25)(H,22,23,24). The molecule has 8 nitrogen and oxygen atoms in total. The quantitative estimate of drug-likeness (QED) is 0.568. The molecule has 0 saturated carbocycles. The van der Waals surface area contributed by atoms with E-state index in [4.69, 9.17) is 20.9 Å². The van der Waals surface area contributed by atoms with E-state index in [9.17, 15) is 9.18 Å². The van der Waals surface area contributed by atoms with E-state index in [1.165, 1.54) is 25.6 Å². The third-order valence-corrected chi connectivity index (χ3v) is 3.92. The highest BCUT2D eigenvalue weighted by atomic mass is 19.1. The van der Waals surface area contributed by atoms with Crippen LogP contribution < -0.4 is 26.3 Å². The number of amides is 1. The maximum atomic E-state index is 13.6. The number of hydrogen-bond donors (Lipinski definition) is 3. The molecule has 0 bridgehead atoms. The third kappa shape index (κ3) is 3.66. The van der Waals surface area contributed by atoms with Crippen LogP contribution in [0, 0.1) is 12.7 Å². The Labute approximate surface area is 154 Å². The van der Waals surface area contributed by atoms with Crippen LogP contribution in [0.1, 0.15) is 5.56 Å². The van der Waals surface area contributed by atoms with Gasteiger partial charge in [0.25, 0.3) is 5.91 Å². The summed E-state index contributed by atoms with van der Waals surface area (Å²) in [6, 6.07) is 5.57. The number of benzene rings is 2. The fourth-order valence-corrected chi connectivity index (χ4v) is 2.78. The van der Waals surface area contributed by atoms with Gasteiger partial charge in [-0.3, -0.25) is 4.79 Å². The van der Waals surface area contributed by atoms with Crippen molar-refractivity contribution in [1.82, 2.24) is 9.97 Å². The van der Waals surface area contributed by atoms with E-state index in [1.54, 1.807) is 6.07 Å². The second kappa shape index (κ2) is 7.32. The molecule has 0 aliphatic heterocycles. The zero-order valence-corrected chi connectivity index (χ0v) is 14.7. The number of hydrogen-bond acceptors (Lipinski definition) is 7. The van der Waals surface area contributed by atoms with Crippen LogP contribution >= 0.6 is 0 Å². The van der Waals surface area contributed by atoms with Crippen LogP contribution in [0.5, 0.6) is 11.5 Å². The van der Waals surface area contributed by atoms with Gasteiger partial charge in [-0.2, -0.15) is 0 Å². The molecule has 2 aromatic carbocycles. The smallest absolute Gasteiger partial charge is 0.255 e. The first kappa shape index (κ1) is 18.2. The predicted molar refractivity (Wildman–Crippen MR) is 99.6 cm³/mol. The highest BCUT2D eigenvalue weighted by Gasteiger charge is 2.16. The molecule has 5 N–H and O–H groups in total. The molecule has 3 aromatic rings. The van der Waals surface area contributed by atoms with Gasteiger partial charge in [0, 0.05) is 17.0 Å². The van der Waals surface area contributed by atoms with Gasteiger partial charge in [0.05, 0.1) is 24.0 Å². The lowest BCUT2D eigenvalue weighted by Gasteiger charge is -2.16. The number of aromatic nitrogens is 2. The monoisotopic (exact) mass is 371 g/mol. The van der Waals surface area contributed by atoms with Gasteiger partial charge in [-0.15, -0.1) is 0 Å². The molecular weight excluding hydrogens is 353 g/mol. The van der Waals surface area contributed by atoms with E-state index in [2.05, 4.69) is 15.3 Å². The minimum Gasteiger partial charge on any atom is -0.494 e. The molecule has 0 aliphatic carbocycles. The average molecular weight is 371 g/mol. The van der Waals surface area contributed by atoms with Crippen LogP contribution in [0.25, 0.3) is 10.9 Å². The van der Waals surface area contributed by atoms with Crippen LogP contribution in [0.15, 0.2) is 30.6 Å². The van der Waals surface area contributed by atoms with Crippen molar-refractivity contribution < 1.29 is 18.7 Å². The molecule has 0 atom stereocenters. The number of aryl methyl sites for hydroxylation is 1. The molecule has 0 spiro atoms. The van der Waals surface area contributed by atoms with Crippen molar-refractivity contribution in [1.29, 1.82) is 0 Å². The summed E-state index contributed by atoms with van der Waals surface area (Å²) in [6.07, 6.45) is 1.38. The highest BCUT2D eigenvalue weighted by Crippen LogP contribution is 2.37. The van der Waals surface area contributed by atoms with Gasteiger partial charge in [-0.25, -0.2) is 14.4 Å². The minimum absolute atomic E-state index is 0.126. The molecule has 0 unspecified atom stereocenters. The van der Waals surface area contributed by atoms with E-state index in [0.29, 0.717) is 33.8 Å². The maximum Gasteiger partial charge on any atom is 0.255 e. The minimum atomic E-state index is -0.672. The molecule has 1 amide bonds. The zero-order valence-electron chi connectivity index (χ0n) is 14.7. The van der Waals surface area contributed by atoms with Gasteiger partial charge in [-0.1, -0.05) is 0 Å². The van der Waals surface area contributed by atoms with Gasteiger partial charge in [-0.05, 0) is 25.1 Å². The number of nitrogen functional groups attached to an aromatic ring is 1. The average Bonchev–Trinajstić information content (AvgIpc) is 2.62. The fourth-order valence-electron chi connectivity index (χ4n) is 2.78. The Morgan fingerprint density at radius 2 is 2.07 bits per heavy atom. The molecule has 27 heavy (non-hydrogen) atoms. The lowest BCUT2D eigenvalue weighted by Crippen LogP contribution is -2.20. The van der Waals surface area contributed by atoms with Crippen LogP contribution in [-0.4, -0.2) is 29.6 Å². The van der Waals surface area contributed by atoms with Crippen molar-refractivity contribution in [2.75, 3.05) is 24.8 Å². The molecule has 1 aromatic heterocycles. The summed E-state index contributed by atoms with van der Waals surface area (Å²) in [5, 5.41) is 3.78. The number of rotatable bonds is 6. The van der Waals surface area contributed by atoms with E-state index in [-0.39, 0.29) is 12.4 Å². The van der Waals surface area contributed by atoms with E-state index >= 15 is 0 Å². The molecule has 0 radical (unpaired) electrons. The second-order valence-corrected chi connectivity index (χ2v) is 5.76. The Hall–Kier alpha value is -3.62. The Morgan fingerprint density at radius 1 is 1.30 bits per heavy atom. The number of methoxy groups -OCH3 is 1. The first-order valence-corrected chi connectivity index (χ1v) is 7.96. The molecule has 1 heterocycles. The first-order valence-electron chi connectivity index (χ1n) is 7.96. The summed E-state index contributed by atoms with van der Waals surface area (Å²) < 4.78 is 24.2. The van der Waals surface area contributed by atoms with Crippen LogP contribution in [0.4, 0.5) is 21.6 Å². The summed E-state index contributed by atoms with van der Waals surface area (Å²) in [5.41, 5.74) is 13.3. The lowest BCUT2D eigenvalue weighted by molar-refractivity contribution is -0.119. The molecule has 9 heteroatoms. The molecule has 3 rings (SSSR count). The number of halogens is 1. The number of fused-ring (bicyclic) bond motifs is 1. The van der Waals surface area contributed by atoms with Gasteiger partial charge < -0.3 is 26.3 Å². The number of nitrogens with zero attached hydrogens (tertiary/aromatic N) is 2. The lowest BCUT2D eigenvalue weighted by atomic mass is 10.1. The van der Waals surface area contributed by atoms with Crippen molar-refractivity contribution in [3.63, 3.8) is 0 Å². The summed E-state index contributed by atoms with van der Waals surface area (Å²) in [7, 11) is 1.52. The number of nitrogens with one attached hydrogen (secondary N) is 1. The summed E-state index contributed by atoms with van der Waals surface area (Å²) in [4.78, 5) is 19.5.